The van der Waals surface area contributed by atoms with E-state index in [-0.39, 0.29) is 11.9 Å². The molecule has 2 bridgehead atoms. The second-order valence-corrected chi connectivity index (χ2v) is 6.86. The standard InChI is InChI=1S/C17H22ClNO/c1-11(15-4-2-3-5-16(15)18)19-17(20)10-14-9-12-6-7-13(14)8-12/h2-5,11-14H,6-10H2,1H3,(H,19,20)/t11-,12+,13+,14+/m1/s1. The molecule has 0 spiro atoms. The van der Waals surface area contributed by atoms with Crippen LogP contribution in [0.3, 0.4) is 0 Å². The zero-order chi connectivity index (χ0) is 14.1. The fourth-order valence-corrected chi connectivity index (χ4v) is 4.37. The molecule has 0 unspecified atom stereocenters. The summed E-state index contributed by atoms with van der Waals surface area (Å²) in [7, 11) is 0. The summed E-state index contributed by atoms with van der Waals surface area (Å²) >= 11 is 6.17. The van der Waals surface area contributed by atoms with Crippen molar-refractivity contribution >= 4 is 17.5 Å². The molecule has 3 heteroatoms. The molecule has 0 saturated heterocycles. The van der Waals surface area contributed by atoms with Gasteiger partial charge in [-0.25, -0.2) is 0 Å². The largest absolute Gasteiger partial charge is 0.350 e. The number of fused-ring (bicyclic) bond motifs is 2. The predicted molar refractivity (Wildman–Crippen MR) is 81.6 cm³/mol. The molecule has 1 aromatic rings. The quantitative estimate of drug-likeness (QED) is 0.878. The Morgan fingerprint density at radius 1 is 1.35 bits per heavy atom. The molecule has 108 valence electrons. The Bertz CT molecular complexity index is 502. The van der Waals surface area contributed by atoms with Crippen molar-refractivity contribution in [3.05, 3.63) is 34.9 Å². The van der Waals surface area contributed by atoms with E-state index in [1.807, 2.05) is 31.2 Å². The molecular weight excluding hydrogens is 270 g/mol. The van der Waals surface area contributed by atoms with Gasteiger partial charge < -0.3 is 5.32 Å². The van der Waals surface area contributed by atoms with Gasteiger partial charge in [-0.05, 0) is 55.6 Å². The highest BCUT2D eigenvalue weighted by Gasteiger charge is 2.40. The summed E-state index contributed by atoms with van der Waals surface area (Å²) in [6, 6.07) is 7.70. The molecule has 3 rings (SSSR count). The van der Waals surface area contributed by atoms with E-state index in [1.54, 1.807) is 0 Å². The first-order chi connectivity index (χ1) is 9.63. The van der Waals surface area contributed by atoms with Gasteiger partial charge in [0.15, 0.2) is 0 Å². The van der Waals surface area contributed by atoms with Gasteiger partial charge in [-0.2, -0.15) is 0 Å². The Kier molecular flexibility index (Phi) is 4.02. The summed E-state index contributed by atoms with van der Waals surface area (Å²) in [6.07, 6.45) is 6.04. The smallest absolute Gasteiger partial charge is 0.220 e. The summed E-state index contributed by atoms with van der Waals surface area (Å²) in [6.45, 7) is 2.00. The van der Waals surface area contributed by atoms with Crippen LogP contribution in [0.25, 0.3) is 0 Å². The van der Waals surface area contributed by atoms with Crippen molar-refractivity contribution in [2.45, 2.75) is 45.1 Å². The van der Waals surface area contributed by atoms with E-state index in [1.165, 1.54) is 25.7 Å². The van der Waals surface area contributed by atoms with Crippen molar-refractivity contribution < 1.29 is 4.79 Å². The minimum absolute atomic E-state index is 0.0187. The maximum Gasteiger partial charge on any atom is 0.220 e. The Hall–Kier alpha value is -1.02. The van der Waals surface area contributed by atoms with Gasteiger partial charge in [0.2, 0.25) is 5.91 Å². The van der Waals surface area contributed by atoms with Crippen molar-refractivity contribution in [3.8, 4) is 0 Å². The summed E-state index contributed by atoms with van der Waals surface area (Å²) in [5.41, 5.74) is 0.996. The van der Waals surface area contributed by atoms with Crippen molar-refractivity contribution in [3.63, 3.8) is 0 Å². The van der Waals surface area contributed by atoms with Crippen LogP contribution in [-0.2, 0) is 4.79 Å². The maximum absolute atomic E-state index is 12.2. The molecule has 1 N–H and O–H groups in total. The monoisotopic (exact) mass is 291 g/mol. The molecular formula is C17H22ClNO. The first kappa shape index (κ1) is 13.9. The van der Waals surface area contributed by atoms with E-state index in [2.05, 4.69) is 5.32 Å². The third kappa shape index (κ3) is 2.85. The molecule has 1 amide bonds. The fourth-order valence-electron chi connectivity index (χ4n) is 4.07. The average Bonchev–Trinajstić information content (AvgIpc) is 3.01. The highest BCUT2D eigenvalue weighted by molar-refractivity contribution is 6.31. The van der Waals surface area contributed by atoms with Gasteiger partial charge in [0, 0.05) is 11.4 Å². The number of halogens is 1. The normalized spacial score (nSPS) is 29.4. The van der Waals surface area contributed by atoms with Crippen LogP contribution in [0.4, 0.5) is 0 Å². The minimum atomic E-state index is -0.0187. The SMILES string of the molecule is C[C@@H](NC(=O)C[C@@H]1C[C@H]2CC[C@H]1C2)c1ccccc1Cl. The van der Waals surface area contributed by atoms with Crippen LogP contribution >= 0.6 is 11.6 Å². The molecule has 2 nitrogen and oxygen atoms in total. The van der Waals surface area contributed by atoms with Gasteiger partial charge in [0.05, 0.1) is 6.04 Å². The van der Waals surface area contributed by atoms with Crippen molar-refractivity contribution in [1.82, 2.24) is 5.32 Å². The molecule has 0 aliphatic heterocycles. The number of amides is 1. The lowest BCUT2D eigenvalue weighted by Crippen LogP contribution is -2.29. The fraction of sp³-hybridized carbons (Fsp3) is 0.588. The van der Waals surface area contributed by atoms with Gasteiger partial charge >= 0.3 is 0 Å². The zero-order valence-corrected chi connectivity index (χ0v) is 12.7. The Labute approximate surface area is 125 Å². The van der Waals surface area contributed by atoms with Crippen LogP contribution in [0.2, 0.25) is 5.02 Å². The van der Waals surface area contributed by atoms with Gasteiger partial charge in [0.25, 0.3) is 0 Å². The van der Waals surface area contributed by atoms with Gasteiger partial charge in [0.1, 0.15) is 0 Å². The van der Waals surface area contributed by atoms with E-state index < -0.39 is 0 Å². The Morgan fingerprint density at radius 2 is 2.15 bits per heavy atom. The highest BCUT2D eigenvalue weighted by atomic mass is 35.5. The molecule has 20 heavy (non-hydrogen) atoms. The zero-order valence-electron chi connectivity index (χ0n) is 11.9. The second-order valence-electron chi connectivity index (χ2n) is 6.45. The van der Waals surface area contributed by atoms with Crippen LogP contribution in [0.15, 0.2) is 24.3 Å². The van der Waals surface area contributed by atoms with Crippen molar-refractivity contribution in [1.29, 1.82) is 0 Å². The van der Waals surface area contributed by atoms with Gasteiger partial charge in [-0.1, -0.05) is 36.2 Å². The maximum atomic E-state index is 12.2. The van der Waals surface area contributed by atoms with Crippen molar-refractivity contribution in [2.24, 2.45) is 17.8 Å². The third-order valence-electron chi connectivity index (χ3n) is 5.08. The summed E-state index contributed by atoms with van der Waals surface area (Å²) in [5.74, 6) is 2.50. The van der Waals surface area contributed by atoms with Crippen LogP contribution in [0.5, 0.6) is 0 Å². The molecule has 1 aromatic carbocycles. The predicted octanol–water partition coefficient (Wildman–Crippen LogP) is 4.34. The van der Waals surface area contributed by atoms with Crippen molar-refractivity contribution in [2.75, 3.05) is 0 Å². The summed E-state index contributed by atoms with van der Waals surface area (Å²) in [5, 5.41) is 3.82. The second kappa shape index (κ2) is 5.77. The van der Waals surface area contributed by atoms with Crippen LogP contribution in [0, 0.1) is 17.8 Å². The lowest BCUT2D eigenvalue weighted by Gasteiger charge is -2.22. The topological polar surface area (TPSA) is 29.1 Å². The molecule has 4 atom stereocenters. The molecule has 0 heterocycles. The van der Waals surface area contributed by atoms with Gasteiger partial charge in [-0.15, -0.1) is 0 Å². The van der Waals surface area contributed by atoms with Crippen LogP contribution < -0.4 is 5.32 Å². The Balaban J connectivity index is 1.55. The molecule has 2 aliphatic rings. The number of benzene rings is 1. The number of carbonyl (C=O) groups excluding carboxylic acids is 1. The van der Waals surface area contributed by atoms with E-state index in [0.717, 1.165) is 22.4 Å². The first-order valence-corrected chi connectivity index (χ1v) is 8.05. The molecule has 2 fully saturated rings. The number of carbonyl (C=O) groups is 1. The summed E-state index contributed by atoms with van der Waals surface area (Å²) in [4.78, 5) is 12.2. The minimum Gasteiger partial charge on any atom is -0.350 e. The van der Waals surface area contributed by atoms with E-state index >= 15 is 0 Å². The highest BCUT2D eigenvalue weighted by Crippen LogP contribution is 2.49. The number of hydrogen-bond donors (Lipinski definition) is 1. The first-order valence-electron chi connectivity index (χ1n) is 7.67. The van der Waals surface area contributed by atoms with Crippen LogP contribution in [-0.4, -0.2) is 5.91 Å². The van der Waals surface area contributed by atoms with E-state index in [4.69, 9.17) is 11.6 Å². The van der Waals surface area contributed by atoms with E-state index in [0.29, 0.717) is 12.3 Å². The summed E-state index contributed by atoms with van der Waals surface area (Å²) < 4.78 is 0. The molecule has 0 aromatic heterocycles. The lowest BCUT2D eigenvalue weighted by atomic mass is 9.86. The average molecular weight is 292 g/mol. The molecule has 2 aliphatic carbocycles. The Morgan fingerprint density at radius 3 is 2.80 bits per heavy atom. The number of nitrogens with one attached hydrogen (secondary N) is 1. The third-order valence-corrected chi connectivity index (χ3v) is 5.43. The molecule has 2 saturated carbocycles. The van der Waals surface area contributed by atoms with E-state index in [9.17, 15) is 4.79 Å². The number of hydrogen-bond acceptors (Lipinski definition) is 1. The number of rotatable bonds is 4. The lowest BCUT2D eigenvalue weighted by molar-refractivity contribution is -0.123. The molecule has 0 radical (unpaired) electrons. The van der Waals surface area contributed by atoms with Gasteiger partial charge in [-0.3, -0.25) is 4.79 Å². The van der Waals surface area contributed by atoms with Crippen LogP contribution in [0.1, 0.15) is 50.6 Å².